The Morgan fingerprint density at radius 1 is 0.489 bits per heavy atom. The van der Waals surface area contributed by atoms with Gasteiger partial charge < -0.3 is 0 Å². The molecular weight excluding hydrogens is 587 g/mol. The van der Waals surface area contributed by atoms with Crippen LogP contribution in [0, 0.1) is 0 Å². The van der Waals surface area contributed by atoms with E-state index in [-0.39, 0.29) is 0 Å². The van der Waals surface area contributed by atoms with E-state index in [4.69, 9.17) is 10.1 Å². The third-order valence-corrected chi connectivity index (χ3v) is 11.6. The summed E-state index contributed by atoms with van der Waals surface area (Å²) in [6, 6.07) is 45.9. The summed E-state index contributed by atoms with van der Waals surface area (Å²) in [5.41, 5.74) is 5.77. The molecule has 45 heavy (non-hydrogen) atoms. The lowest BCUT2D eigenvalue weighted by atomic mass is 9.96. The normalized spacial score (nSPS) is 12.4. The van der Waals surface area contributed by atoms with E-state index in [1.165, 1.54) is 73.0 Å². The SMILES string of the molecule is c1ccc(-c2nc(-c3cc4sc5cccc6c5c4c4c3ccc3sc5cccc-6c5c34)[n-][n+]2-c2ccc3ccccc3c2)cc1. The van der Waals surface area contributed by atoms with Gasteiger partial charge in [0.2, 0.25) is 5.82 Å². The standard InChI is InChI=1S/C40H21N3S2/c1-2-9-23(10-3-1)40-41-39(42-43(40)25-17-16-22-8-4-5-11-24(22)20-25)29-21-33-38-35-27(13-7-15-31(35)45-33)26-12-6-14-30-34(26)37-32(44-30)19-18-28(29)36(37)38/h1-21H. The molecular formula is C40H21N3S2. The predicted molar refractivity (Wildman–Crippen MR) is 190 cm³/mol. The average Bonchev–Trinajstić information content (AvgIpc) is 3.79. The summed E-state index contributed by atoms with van der Waals surface area (Å²) >= 11 is 3.77. The van der Waals surface area contributed by atoms with Crippen LogP contribution in [0.3, 0.4) is 0 Å². The number of hydrogen-bond acceptors (Lipinski definition) is 3. The van der Waals surface area contributed by atoms with Crippen molar-refractivity contribution in [2.75, 3.05) is 0 Å². The quantitative estimate of drug-likeness (QED) is 0.187. The Morgan fingerprint density at radius 3 is 1.98 bits per heavy atom. The van der Waals surface area contributed by atoms with Crippen molar-refractivity contribution in [1.82, 2.24) is 10.1 Å². The van der Waals surface area contributed by atoms with E-state index in [9.17, 15) is 0 Å². The van der Waals surface area contributed by atoms with Crippen LogP contribution in [0.1, 0.15) is 0 Å². The van der Waals surface area contributed by atoms with Crippen LogP contribution in [0.2, 0.25) is 0 Å². The zero-order valence-electron chi connectivity index (χ0n) is 23.8. The van der Waals surface area contributed by atoms with Gasteiger partial charge in [0.05, 0.1) is 5.56 Å². The first-order valence-corrected chi connectivity index (χ1v) is 16.7. The molecule has 3 nitrogen and oxygen atoms in total. The van der Waals surface area contributed by atoms with Gasteiger partial charge in [-0.1, -0.05) is 78.9 Å². The van der Waals surface area contributed by atoms with Crippen molar-refractivity contribution < 1.29 is 4.68 Å². The van der Waals surface area contributed by atoms with Gasteiger partial charge in [0.25, 0.3) is 0 Å². The Labute approximate surface area is 265 Å². The molecule has 0 atom stereocenters. The Bertz CT molecular complexity index is 2850. The molecule has 0 fully saturated rings. The molecule has 10 aromatic rings. The fraction of sp³-hybridized carbons (Fsp3) is 0. The van der Waals surface area contributed by atoms with Crippen LogP contribution in [0.15, 0.2) is 127 Å². The van der Waals surface area contributed by atoms with E-state index in [1.807, 2.05) is 33.4 Å². The van der Waals surface area contributed by atoms with Crippen molar-refractivity contribution in [3.8, 4) is 39.6 Å². The van der Waals surface area contributed by atoms with Crippen LogP contribution < -0.4 is 9.78 Å². The number of thiophene rings is 2. The summed E-state index contributed by atoms with van der Waals surface area (Å²) in [7, 11) is 0. The molecule has 0 aliphatic heterocycles. The van der Waals surface area contributed by atoms with Crippen LogP contribution in [-0.2, 0) is 0 Å². The minimum Gasteiger partial charge on any atom is -0.228 e. The molecule has 5 heteroatoms. The van der Waals surface area contributed by atoms with E-state index < -0.39 is 0 Å². The van der Waals surface area contributed by atoms with E-state index in [1.54, 1.807) is 0 Å². The maximum absolute atomic E-state index is 5.32. The van der Waals surface area contributed by atoms with Gasteiger partial charge in [-0.05, 0) is 80.8 Å². The lowest BCUT2D eigenvalue weighted by Gasteiger charge is -2.08. The fourth-order valence-corrected chi connectivity index (χ4v) is 9.76. The molecule has 11 rings (SSSR count). The molecule has 0 amide bonds. The maximum Gasteiger partial charge on any atom is 0.338 e. The van der Waals surface area contributed by atoms with Crippen molar-refractivity contribution in [2.45, 2.75) is 0 Å². The van der Waals surface area contributed by atoms with E-state index in [0.717, 1.165) is 28.5 Å². The van der Waals surface area contributed by atoms with Gasteiger partial charge in [-0.25, -0.2) is 5.10 Å². The molecule has 1 aliphatic carbocycles. The van der Waals surface area contributed by atoms with Gasteiger partial charge in [0.15, 0.2) is 0 Å². The van der Waals surface area contributed by atoms with Gasteiger partial charge in [0.1, 0.15) is 5.69 Å². The molecule has 0 saturated carbocycles. The number of rotatable bonds is 3. The maximum atomic E-state index is 5.32. The highest BCUT2D eigenvalue weighted by molar-refractivity contribution is 7.27. The largest absolute Gasteiger partial charge is 0.338 e. The molecule has 3 aromatic heterocycles. The summed E-state index contributed by atoms with van der Waals surface area (Å²) in [5.74, 6) is 1.58. The topological polar surface area (TPSA) is 30.9 Å². The van der Waals surface area contributed by atoms with Crippen LogP contribution in [0.5, 0.6) is 0 Å². The molecule has 1 aliphatic rings. The van der Waals surface area contributed by atoms with Crippen LogP contribution >= 0.6 is 22.7 Å². The van der Waals surface area contributed by atoms with Crippen molar-refractivity contribution in [1.29, 1.82) is 0 Å². The monoisotopic (exact) mass is 607 g/mol. The van der Waals surface area contributed by atoms with Gasteiger partial charge in [-0.3, -0.25) is 0 Å². The van der Waals surface area contributed by atoms with Gasteiger partial charge >= 0.3 is 5.82 Å². The molecule has 0 radical (unpaired) electrons. The summed E-state index contributed by atoms with van der Waals surface area (Å²) in [5, 5.41) is 15.7. The smallest absolute Gasteiger partial charge is 0.228 e. The fourth-order valence-electron chi connectivity index (χ4n) is 7.44. The van der Waals surface area contributed by atoms with Crippen LogP contribution in [-0.4, -0.2) is 4.98 Å². The lowest BCUT2D eigenvalue weighted by molar-refractivity contribution is -0.650. The van der Waals surface area contributed by atoms with Gasteiger partial charge in [-0.2, -0.15) is 4.68 Å². The van der Waals surface area contributed by atoms with Crippen LogP contribution in [0.25, 0.3) is 101 Å². The molecule has 0 N–H and O–H groups in total. The third-order valence-electron chi connectivity index (χ3n) is 9.37. The minimum absolute atomic E-state index is 0.741. The first-order chi connectivity index (χ1) is 22.3. The molecule has 3 heterocycles. The second-order valence-electron chi connectivity index (χ2n) is 11.8. The summed E-state index contributed by atoms with van der Waals surface area (Å²) in [6.07, 6.45) is 0. The Morgan fingerprint density at radius 2 is 1.18 bits per heavy atom. The Balaban J connectivity index is 1.28. The van der Waals surface area contributed by atoms with E-state index in [2.05, 4.69) is 121 Å². The number of hydrogen-bond donors (Lipinski definition) is 0. The second kappa shape index (κ2) is 8.63. The van der Waals surface area contributed by atoms with E-state index in [0.29, 0.717) is 0 Å². The average molecular weight is 608 g/mol. The highest BCUT2D eigenvalue weighted by Crippen LogP contribution is 2.54. The molecule has 0 unspecified atom stereocenters. The highest BCUT2D eigenvalue weighted by atomic mass is 32.1. The number of nitrogens with zero attached hydrogens (tertiary/aromatic N) is 3. The Kier molecular flexibility index (Phi) is 4.61. The van der Waals surface area contributed by atoms with Crippen molar-refractivity contribution >= 4 is 84.6 Å². The summed E-state index contributed by atoms with van der Waals surface area (Å²) < 4.78 is 7.29. The zero-order valence-corrected chi connectivity index (χ0v) is 25.4. The highest BCUT2D eigenvalue weighted by Gasteiger charge is 2.27. The van der Waals surface area contributed by atoms with Crippen LogP contribution in [0.4, 0.5) is 0 Å². The molecule has 0 spiro atoms. The number of fused-ring (bicyclic) bond motifs is 2. The first-order valence-electron chi connectivity index (χ1n) is 15.1. The third kappa shape index (κ3) is 3.18. The number of aromatic nitrogens is 3. The number of benzene rings is 7. The van der Waals surface area contributed by atoms with Gasteiger partial charge in [-0.15, -0.1) is 22.7 Å². The second-order valence-corrected chi connectivity index (χ2v) is 14.0. The molecule has 7 aromatic carbocycles. The molecule has 0 saturated heterocycles. The Hall–Kier alpha value is -5.36. The predicted octanol–water partition coefficient (Wildman–Crippen LogP) is 10.7. The minimum atomic E-state index is 0.741. The van der Waals surface area contributed by atoms with E-state index >= 15 is 0 Å². The molecule has 208 valence electrons. The summed E-state index contributed by atoms with van der Waals surface area (Å²) in [6.45, 7) is 0. The summed E-state index contributed by atoms with van der Waals surface area (Å²) in [4.78, 5) is 5.32. The first kappa shape index (κ1) is 24.0. The van der Waals surface area contributed by atoms with Gasteiger partial charge in [0, 0.05) is 51.3 Å². The molecule has 0 bridgehead atoms. The van der Waals surface area contributed by atoms with Crippen molar-refractivity contribution in [2.24, 2.45) is 0 Å². The lowest BCUT2D eigenvalue weighted by Crippen LogP contribution is -2.36. The zero-order chi connectivity index (χ0) is 29.2. The van der Waals surface area contributed by atoms with Crippen molar-refractivity contribution in [3.05, 3.63) is 127 Å². The van der Waals surface area contributed by atoms with Crippen molar-refractivity contribution in [3.63, 3.8) is 0 Å².